The molecule has 0 aliphatic heterocycles. The molecule has 2 N–H and O–H groups in total. The molecule has 0 unspecified atom stereocenters. The molecule has 0 heterocycles. The lowest BCUT2D eigenvalue weighted by atomic mass is 10.1. The summed E-state index contributed by atoms with van der Waals surface area (Å²) in [6.07, 6.45) is -1.02. The Labute approximate surface area is 119 Å². The molecule has 0 radical (unpaired) electrons. The fourth-order valence-electron chi connectivity index (χ4n) is 1.31. The van der Waals surface area contributed by atoms with E-state index in [-0.39, 0.29) is 18.6 Å². The minimum atomic E-state index is -0.977. The third-order valence-electron chi connectivity index (χ3n) is 2.43. The van der Waals surface area contributed by atoms with Crippen LogP contribution in [0, 0.1) is 0 Å². The molecule has 1 amide bonds. The second-order valence-corrected chi connectivity index (χ2v) is 4.88. The predicted molar refractivity (Wildman–Crippen MR) is 72.5 cm³/mol. The SMILES string of the molecule is C[C@@H](OC(=O)CCC(=O)c1ccc(Br)cc1)C(N)=O. The van der Waals surface area contributed by atoms with E-state index in [2.05, 4.69) is 15.9 Å². The van der Waals surface area contributed by atoms with Crippen LogP contribution in [-0.2, 0) is 14.3 Å². The third kappa shape index (κ3) is 5.21. The van der Waals surface area contributed by atoms with Crippen LogP contribution < -0.4 is 5.73 Å². The second-order valence-electron chi connectivity index (χ2n) is 3.96. The van der Waals surface area contributed by atoms with Gasteiger partial charge in [0, 0.05) is 16.5 Å². The van der Waals surface area contributed by atoms with Crippen LogP contribution in [0.25, 0.3) is 0 Å². The van der Waals surface area contributed by atoms with Gasteiger partial charge >= 0.3 is 5.97 Å². The maximum Gasteiger partial charge on any atom is 0.307 e. The summed E-state index contributed by atoms with van der Waals surface area (Å²) in [7, 11) is 0. The molecule has 6 heteroatoms. The molecule has 0 saturated carbocycles. The van der Waals surface area contributed by atoms with E-state index in [1.807, 2.05) is 0 Å². The van der Waals surface area contributed by atoms with Gasteiger partial charge in [-0.15, -0.1) is 0 Å². The van der Waals surface area contributed by atoms with Crippen molar-refractivity contribution in [3.8, 4) is 0 Å². The number of ketones is 1. The van der Waals surface area contributed by atoms with Crippen LogP contribution in [0.4, 0.5) is 0 Å². The van der Waals surface area contributed by atoms with E-state index >= 15 is 0 Å². The van der Waals surface area contributed by atoms with Crippen molar-refractivity contribution >= 4 is 33.6 Å². The molecule has 0 aliphatic rings. The van der Waals surface area contributed by atoms with Crippen LogP contribution in [0.1, 0.15) is 30.1 Å². The van der Waals surface area contributed by atoms with Gasteiger partial charge in [-0.1, -0.05) is 28.1 Å². The number of hydrogen-bond donors (Lipinski definition) is 1. The quantitative estimate of drug-likeness (QED) is 0.637. The molecule has 0 saturated heterocycles. The number of Topliss-reactive ketones (excluding diaryl/α,β-unsaturated/α-hetero) is 1. The maximum absolute atomic E-state index is 11.8. The van der Waals surface area contributed by atoms with E-state index in [1.165, 1.54) is 6.92 Å². The predicted octanol–water partition coefficient (Wildman–Crippen LogP) is 1.83. The molecule has 5 nitrogen and oxygen atoms in total. The Hall–Kier alpha value is -1.69. The number of halogens is 1. The van der Waals surface area contributed by atoms with Crippen LogP contribution in [0.2, 0.25) is 0 Å². The number of esters is 1. The van der Waals surface area contributed by atoms with E-state index < -0.39 is 18.0 Å². The van der Waals surface area contributed by atoms with E-state index in [0.717, 1.165) is 4.47 Å². The number of carbonyl (C=O) groups is 3. The molecule has 1 aromatic rings. The van der Waals surface area contributed by atoms with Gasteiger partial charge in [-0.05, 0) is 19.1 Å². The summed E-state index contributed by atoms with van der Waals surface area (Å²) in [6.45, 7) is 1.39. The van der Waals surface area contributed by atoms with Crippen LogP contribution in [0.5, 0.6) is 0 Å². The fourth-order valence-corrected chi connectivity index (χ4v) is 1.57. The zero-order valence-electron chi connectivity index (χ0n) is 10.4. The molecule has 0 aliphatic carbocycles. The molecular weight excluding hydrogens is 314 g/mol. The van der Waals surface area contributed by atoms with Gasteiger partial charge in [0.05, 0.1) is 6.42 Å². The van der Waals surface area contributed by atoms with E-state index in [4.69, 9.17) is 10.5 Å². The third-order valence-corrected chi connectivity index (χ3v) is 2.96. The highest BCUT2D eigenvalue weighted by Gasteiger charge is 2.16. The number of hydrogen-bond acceptors (Lipinski definition) is 4. The van der Waals surface area contributed by atoms with Crippen molar-refractivity contribution in [1.82, 2.24) is 0 Å². The zero-order valence-corrected chi connectivity index (χ0v) is 12.0. The largest absolute Gasteiger partial charge is 0.453 e. The molecule has 1 atom stereocenters. The molecule has 0 fully saturated rings. The van der Waals surface area contributed by atoms with Crippen LogP contribution in [0.3, 0.4) is 0 Å². The number of rotatable bonds is 6. The lowest BCUT2D eigenvalue weighted by Crippen LogP contribution is -2.30. The first-order valence-corrected chi connectivity index (χ1v) is 6.47. The first kappa shape index (κ1) is 15.4. The molecule has 0 aromatic heterocycles. The van der Waals surface area contributed by atoms with Crippen molar-refractivity contribution in [3.05, 3.63) is 34.3 Å². The first-order chi connectivity index (χ1) is 8.90. The lowest BCUT2D eigenvalue weighted by molar-refractivity contribution is -0.153. The second kappa shape index (κ2) is 7.04. The van der Waals surface area contributed by atoms with E-state index in [0.29, 0.717) is 5.56 Å². The summed E-state index contributed by atoms with van der Waals surface area (Å²) in [5.41, 5.74) is 5.48. The minimum absolute atomic E-state index is 0.0337. The van der Waals surface area contributed by atoms with Crippen LogP contribution >= 0.6 is 15.9 Å². The maximum atomic E-state index is 11.8. The summed E-state index contributed by atoms with van der Waals surface area (Å²) in [6, 6.07) is 6.84. The van der Waals surface area contributed by atoms with Crippen molar-refractivity contribution < 1.29 is 19.1 Å². The Morgan fingerprint density at radius 3 is 2.32 bits per heavy atom. The van der Waals surface area contributed by atoms with Gasteiger partial charge in [0.2, 0.25) is 0 Å². The summed E-state index contributed by atoms with van der Waals surface area (Å²) >= 11 is 3.27. The van der Waals surface area contributed by atoms with Gasteiger partial charge in [-0.2, -0.15) is 0 Å². The fraction of sp³-hybridized carbons (Fsp3) is 0.308. The number of primary amides is 1. The Morgan fingerprint density at radius 2 is 1.79 bits per heavy atom. The number of carbonyl (C=O) groups excluding carboxylic acids is 3. The number of ether oxygens (including phenoxy) is 1. The topological polar surface area (TPSA) is 86.5 Å². The Balaban J connectivity index is 2.44. The number of nitrogens with two attached hydrogens (primary N) is 1. The average molecular weight is 328 g/mol. The van der Waals surface area contributed by atoms with E-state index in [9.17, 15) is 14.4 Å². The molecule has 0 spiro atoms. The highest BCUT2D eigenvalue weighted by molar-refractivity contribution is 9.10. The van der Waals surface area contributed by atoms with Crippen molar-refractivity contribution in [2.75, 3.05) is 0 Å². The van der Waals surface area contributed by atoms with Gasteiger partial charge in [-0.3, -0.25) is 14.4 Å². The monoisotopic (exact) mass is 327 g/mol. The van der Waals surface area contributed by atoms with Gasteiger partial charge in [0.15, 0.2) is 11.9 Å². The van der Waals surface area contributed by atoms with Crippen molar-refractivity contribution in [2.24, 2.45) is 5.73 Å². The summed E-state index contributed by atoms with van der Waals surface area (Å²) in [5, 5.41) is 0. The van der Waals surface area contributed by atoms with Gasteiger partial charge < -0.3 is 10.5 Å². The lowest BCUT2D eigenvalue weighted by Gasteiger charge is -2.09. The normalized spacial score (nSPS) is 11.7. The minimum Gasteiger partial charge on any atom is -0.453 e. The first-order valence-electron chi connectivity index (χ1n) is 5.67. The van der Waals surface area contributed by atoms with Gasteiger partial charge in [0.25, 0.3) is 5.91 Å². The Kier molecular flexibility index (Phi) is 5.69. The van der Waals surface area contributed by atoms with Crippen molar-refractivity contribution in [2.45, 2.75) is 25.9 Å². The average Bonchev–Trinajstić information content (AvgIpc) is 2.36. The van der Waals surface area contributed by atoms with Crippen molar-refractivity contribution in [3.63, 3.8) is 0 Å². The zero-order chi connectivity index (χ0) is 14.4. The highest BCUT2D eigenvalue weighted by atomic mass is 79.9. The summed E-state index contributed by atoms with van der Waals surface area (Å²) in [4.78, 5) is 33.8. The molecule has 19 heavy (non-hydrogen) atoms. The van der Waals surface area contributed by atoms with Crippen LogP contribution in [0.15, 0.2) is 28.7 Å². The van der Waals surface area contributed by atoms with Crippen molar-refractivity contribution in [1.29, 1.82) is 0 Å². The van der Waals surface area contributed by atoms with Gasteiger partial charge in [0.1, 0.15) is 0 Å². The molecule has 102 valence electrons. The number of benzene rings is 1. The summed E-state index contributed by atoms with van der Waals surface area (Å²) < 4.78 is 5.62. The Morgan fingerprint density at radius 1 is 1.21 bits per heavy atom. The number of amides is 1. The molecule has 1 aromatic carbocycles. The smallest absolute Gasteiger partial charge is 0.307 e. The van der Waals surface area contributed by atoms with Gasteiger partial charge in [-0.25, -0.2) is 0 Å². The molecular formula is C13H14BrNO4. The highest BCUT2D eigenvalue weighted by Crippen LogP contribution is 2.13. The molecule has 0 bridgehead atoms. The standard InChI is InChI=1S/C13H14BrNO4/c1-8(13(15)18)19-12(17)7-6-11(16)9-2-4-10(14)5-3-9/h2-5,8H,6-7H2,1H3,(H2,15,18)/t8-/m1/s1. The molecule has 1 rings (SSSR count). The van der Waals surface area contributed by atoms with Crippen LogP contribution in [-0.4, -0.2) is 23.8 Å². The summed E-state index contributed by atoms with van der Waals surface area (Å²) in [5.74, 6) is -1.49. The van der Waals surface area contributed by atoms with E-state index in [1.54, 1.807) is 24.3 Å². The Bertz CT molecular complexity index is 484.